The Labute approximate surface area is 110 Å². The molecule has 2 atom stereocenters. The van der Waals surface area contributed by atoms with Gasteiger partial charge in [-0.3, -0.25) is 4.79 Å². The molecule has 1 N–H and O–H groups in total. The van der Waals surface area contributed by atoms with Gasteiger partial charge in [0.05, 0.1) is 13.5 Å². The van der Waals surface area contributed by atoms with Crippen molar-refractivity contribution >= 4 is 17.7 Å². The van der Waals surface area contributed by atoms with Crippen molar-refractivity contribution in [2.45, 2.75) is 57.7 Å². The topological polar surface area (TPSA) is 38.3 Å². The Hall–Kier alpha value is -0.220. The molecule has 0 heterocycles. The van der Waals surface area contributed by atoms with E-state index < -0.39 is 0 Å². The van der Waals surface area contributed by atoms with Crippen LogP contribution >= 0.6 is 11.8 Å². The lowest BCUT2D eigenvalue weighted by Gasteiger charge is -2.26. The first kappa shape index (κ1) is 16.8. The minimum absolute atomic E-state index is 0.108. The number of hydrogen-bond acceptors (Lipinski definition) is 4. The maximum absolute atomic E-state index is 11.1. The smallest absolute Gasteiger partial charge is 0.306 e. The van der Waals surface area contributed by atoms with E-state index in [0.29, 0.717) is 17.7 Å². The molecule has 0 aliphatic heterocycles. The molecule has 2 unspecified atom stereocenters. The number of hydrogen-bond donors (Lipinski definition) is 1. The Morgan fingerprint density at radius 1 is 1.35 bits per heavy atom. The molecule has 17 heavy (non-hydrogen) atoms. The fourth-order valence-corrected chi connectivity index (χ4v) is 3.19. The maximum atomic E-state index is 11.1. The van der Waals surface area contributed by atoms with Crippen molar-refractivity contribution in [3.05, 3.63) is 0 Å². The molecule has 0 bridgehead atoms. The lowest BCUT2D eigenvalue weighted by molar-refractivity contribution is -0.140. The van der Waals surface area contributed by atoms with E-state index in [1.165, 1.54) is 20.0 Å². The molecular formula is C13H27NO2S. The summed E-state index contributed by atoms with van der Waals surface area (Å²) in [6, 6.07) is 0.567. The number of carbonyl (C=O) groups is 1. The van der Waals surface area contributed by atoms with Gasteiger partial charge in [-0.2, -0.15) is 11.8 Å². The summed E-state index contributed by atoms with van der Waals surface area (Å²) in [6.45, 7) is 7.60. The standard InChI is InChI=1S/C13H27NO2S/c1-5-8-11(14-7-3)12(6-2)17-10-9-13(15)16-4/h11-12,14H,5-10H2,1-4H3. The molecule has 0 aromatic heterocycles. The van der Waals surface area contributed by atoms with Crippen molar-refractivity contribution in [3.8, 4) is 0 Å². The lowest BCUT2D eigenvalue weighted by atomic mass is 10.1. The zero-order chi connectivity index (χ0) is 13.1. The monoisotopic (exact) mass is 261 g/mol. The van der Waals surface area contributed by atoms with Gasteiger partial charge in [0.2, 0.25) is 0 Å². The van der Waals surface area contributed by atoms with Crippen LogP contribution in [0.5, 0.6) is 0 Å². The predicted molar refractivity (Wildman–Crippen MR) is 75.5 cm³/mol. The lowest BCUT2D eigenvalue weighted by Crippen LogP contribution is -2.38. The van der Waals surface area contributed by atoms with E-state index in [9.17, 15) is 4.79 Å². The third-order valence-electron chi connectivity index (χ3n) is 2.78. The molecule has 0 radical (unpaired) electrons. The Morgan fingerprint density at radius 2 is 2.06 bits per heavy atom. The van der Waals surface area contributed by atoms with Crippen LogP contribution in [-0.4, -0.2) is 36.7 Å². The van der Waals surface area contributed by atoms with Crippen LogP contribution in [0.15, 0.2) is 0 Å². The number of esters is 1. The molecule has 0 rings (SSSR count). The first-order chi connectivity index (χ1) is 8.19. The maximum Gasteiger partial charge on any atom is 0.306 e. The zero-order valence-electron chi connectivity index (χ0n) is 11.6. The summed E-state index contributed by atoms with van der Waals surface area (Å²) in [5.74, 6) is 0.749. The highest BCUT2D eigenvalue weighted by Crippen LogP contribution is 2.22. The molecule has 0 spiro atoms. The fourth-order valence-electron chi connectivity index (χ4n) is 1.91. The molecule has 0 aliphatic rings. The number of thioether (sulfide) groups is 1. The average Bonchev–Trinajstić information content (AvgIpc) is 2.34. The van der Waals surface area contributed by atoms with E-state index in [2.05, 4.69) is 30.8 Å². The van der Waals surface area contributed by atoms with Crippen molar-refractivity contribution in [2.24, 2.45) is 0 Å². The number of nitrogens with one attached hydrogen (secondary N) is 1. The van der Waals surface area contributed by atoms with Crippen LogP contribution in [0.4, 0.5) is 0 Å². The predicted octanol–water partition coefficient (Wildman–Crippen LogP) is 2.84. The summed E-state index contributed by atoms with van der Waals surface area (Å²) in [5, 5.41) is 4.15. The molecule has 0 aliphatic carbocycles. The molecule has 0 aromatic carbocycles. The van der Waals surface area contributed by atoms with Gasteiger partial charge >= 0.3 is 5.97 Å². The summed E-state index contributed by atoms with van der Waals surface area (Å²) >= 11 is 1.89. The SMILES string of the molecule is CCCC(NCC)C(CC)SCCC(=O)OC. The zero-order valence-corrected chi connectivity index (χ0v) is 12.4. The third kappa shape index (κ3) is 7.66. The van der Waals surface area contributed by atoms with Gasteiger partial charge in [-0.05, 0) is 19.4 Å². The molecule has 0 aromatic rings. The van der Waals surface area contributed by atoms with Gasteiger partial charge in [0.1, 0.15) is 0 Å². The molecule has 3 nitrogen and oxygen atoms in total. The van der Waals surface area contributed by atoms with Gasteiger partial charge in [-0.15, -0.1) is 0 Å². The molecule has 0 saturated heterocycles. The van der Waals surface area contributed by atoms with Crippen LogP contribution in [0.3, 0.4) is 0 Å². The van der Waals surface area contributed by atoms with Crippen molar-refractivity contribution in [1.82, 2.24) is 5.32 Å². The minimum atomic E-state index is -0.108. The van der Waals surface area contributed by atoms with Crippen molar-refractivity contribution in [2.75, 3.05) is 19.4 Å². The summed E-state index contributed by atoms with van der Waals surface area (Å²) < 4.78 is 4.65. The van der Waals surface area contributed by atoms with Gasteiger partial charge in [0.25, 0.3) is 0 Å². The minimum Gasteiger partial charge on any atom is -0.469 e. The van der Waals surface area contributed by atoms with E-state index in [1.54, 1.807) is 0 Å². The first-order valence-electron chi connectivity index (χ1n) is 6.61. The number of ether oxygens (including phenoxy) is 1. The summed E-state index contributed by atoms with van der Waals surface area (Å²) in [6.07, 6.45) is 4.06. The van der Waals surface area contributed by atoms with Gasteiger partial charge in [-0.25, -0.2) is 0 Å². The van der Waals surface area contributed by atoms with Gasteiger partial charge in [0, 0.05) is 17.0 Å². The third-order valence-corrected chi connectivity index (χ3v) is 4.31. The Morgan fingerprint density at radius 3 is 2.53 bits per heavy atom. The van der Waals surface area contributed by atoms with Gasteiger partial charge < -0.3 is 10.1 Å². The number of carbonyl (C=O) groups excluding carboxylic acids is 1. The fraction of sp³-hybridized carbons (Fsp3) is 0.923. The van der Waals surface area contributed by atoms with Crippen LogP contribution in [0, 0.1) is 0 Å². The highest BCUT2D eigenvalue weighted by molar-refractivity contribution is 7.99. The quantitative estimate of drug-likeness (QED) is 0.614. The van der Waals surface area contributed by atoms with Crippen LogP contribution in [-0.2, 0) is 9.53 Å². The summed E-state index contributed by atoms with van der Waals surface area (Å²) in [7, 11) is 1.45. The Balaban J connectivity index is 4.03. The molecule has 0 amide bonds. The number of rotatable bonds is 10. The second-order valence-corrected chi connectivity index (χ2v) is 5.44. The Bertz CT molecular complexity index is 194. The second-order valence-electron chi connectivity index (χ2n) is 4.10. The van der Waals surface area contributed by atoms with Crippen LogP contribution in [0.25, 0.3) is 0 Å². The van der Waals surface area contributed by atoms with Crippen LogP contribution in [0.2, 0.25) is 0 Å². The highest BCUT2D eigenvalue weighted by Gasteiger charge is 2.18. The molecule has 0 fully saturated rings. The average molecular weight is 261 g/mol. The van der Waals surface area contributed by atoms with E-state index in [-0.39, 0.29) is 5.97 Å². The largest absolute Gasteiger partial charge is 0.469 e. The summed E-state index contributed by atoms with van der Waals surface area (Å²) in [4.78, 5) is 11.1. The van der Waals surface area contributed by atoms with Crippen molar-refractivity contribution < 1.29 is 9.53 Å². The van der Waals surface area contributed by atoms with E-state index >= 15 is 0 Å². The first-order valence-corrected chi connectivity index (χ1v) is 7.66. The van der Waals surface area contributed by atoms with Crippen molar-refractivity contribution in [3.63, 3.8) is 0 Å². The normalized spacial score (nSPS) is 14.4. The summed E-state index contributed by atoms with van der Waals surface area (Å²) in [5.41, 5.74) is 0. The van der Waals surface area contributed by atoms with Crippen molar-refractivity contribution in [1.29, 1.82) is 0 Å². The van der Waals surface area contributed by atoms with E-state index in [0.717, 1.165) is 18.7 Å². The van der Waals surface area contributed by atoms with Crippen LogP contribution < -0.4 is 5.32 Å². The van der Waals surface area contributed by atoms with Gasteiger partial charge in [-0.1, -0.05) is 27.2 Å². The highest BCUT2D eigenvalue weighted by atomic mass is 32.2. The van der Waals surface area contributed by atoms with E-state index in [1.807, 2.05) is 11.8 Å². The van der Waals surface area contributed by atoms with Crippen LogP contribution in [0.1, 0.15) is 46.5 Å². The molecule has 102 valence electrons. The number of methoxy groups -OCH3 is 1. The van der Waals surface area contributed by atoms with Gasteiger partial charge in [0.15, 0.2) is 0 Å². The van der Waals surface area contributed by atoms with E-state index in [4.69, 9.17) is 0 Å². The molecule has 0 saturated carbocycles. The molecule has 4 heteroatoms. The molecular weight excluding hydrogens is 234 g/mol. The Kier molecular flexibility index (Phi) is 10.8. The second kappa shape index (κ2) is 10.9.